The molecule has 0 aliphatic heterocycles. The van der Waals surface area contributed by atoms with Crippen molar-refractivity contribution in [2.45, 2.75) is 13.0 Å². The molecule has 0 saturated carbocycles. The number of aliphatic hydroxyl groups is 1. The summed E-state index contributed by atoms with van der Waals surface area (Å²) in [7, 11) is 1.76. The zero-order chi connectivity index (χ0) is 13.1. The van der Waals surface area contributed by atoms with Crippen LogP contribution in [0.3, 0.4) is 0 Å². The summed E-state index contributed by atoms with van der Waals surface area (Å²) >= 11 is 0. The van der Waals surface area contributed by atoms with Crippen LogP contribution in [0.2, 0.25) is 0 Å². The summed E-state index contributed by atoms with van der Waals surface area (Å²) in [6.07, 6.45) is 2.58. The summed E-state index contributed by atoms with van der Waals surface area (Å²) in [6.45, 7) is 1.70. The number of aryl methyl sites for hydroxylation is 1. The lowest BCUT2D eigenvalue weighted by Crippen LogP contribution is -2.15. The first kappa shape index (κ1) is 12.3. The first-order chi connectivity index (χ1) is 8.58. The largest absolute Gasteiger partial charge is 0.389 e. The van der Waals surface area contributed by atoms with Gasteiger partial charge in [-0.1, -0.05) is 12.1 Å². The maximum Gasteiger partial charge on any atom is 0.273 e. The lowest BCUT2D eigenvalue weighted by atomic mass is 10.1. The van der Waals surface area contributed by atoms with Crippen molar-refractivity contribution in [2.24, 2.45) is 7.05 Å². The molecule has 2 rings (SSSR count). The monoisotopic (exact) mass is 245 g/mol. The van der Waals surface area contributed by atoms with Crippen LogP contribution in [0.25, 0.3) is 0 Å². The molecule has 0 aliphatic rings. The van der Waals surface area contributed by atoms with Gasteiger partial charge in [-0.3, -0.25) is 4.79 Å². The minimum absolute atomic E-state index is 0.209. The second-order valence-corrected chi connectivity index (χ2v) is 4.14. The normalized spacial score (nSPS) is 12.2. The lowest BCUT2D eigenvalue weighted by molar-refractivity contribution is 0.101. The number of nitrogens with one attached hydrogen (secondary N) is 1. The number of imidazole rings is 1. The molecule has 1 unspecified atom stereocenters. The van der Waals surface area contributed by atoms with Gasteiger partial charge in [0.25, 0.3) is 5.91 Å². The molecule has 2 aromatic rings. The number of aliphatic hydroxyl groups excluding tert-OH is 1. The zero-order valence-corrected chi connectivity index (χ0v) is 10.3. The first-order valence-corrected chi connectivity index (χ1v) is 5.63. The van der Waals surface area contributed by atoms with Gasteiger partial charge >= 0.3 is 0 Å². The van der Waals surface area contributed by atoms with E-state index in [0.29, 0.717) is 11.4 Å². The summed E-state index contributed by atoms with van der Waals surface area (Å²) in [5.74, 6) is -0.209. The van der Waals surface area contributed by atoms with Crippen molar-refractivity contribution in [2.75, 3.05) is 5.32 Å². The molecule has 0 saturated heterocycles. The number of aromatic nitrogens is 2. The number of rotatable bonds is 3. The molecule has 1 amide bonds. The number of amides is 1. The van der Waals surface area contributed by atoms with Crippen molar-refractivity contribution in [3.63, 3.8) is 0 Å². The predicted octanol–water partition coefficient (Wildman–Crippen LogP) is 1.73. The summed E-state index contributed by atoms with van der Waals surface area (Å²) in [4.78, 5) is 15.8. The van der Waals surface area contributed by atoms with Crippen LogP contribution in [-0.4, -0.2) is 20.6 Å². The van der Waals surface area contributed by atoms with Gasteiger partial charge in [0.2, 0.25) is 0 Å². The van der Waals surface area contributed by atoms with Crippen molar-refractivity contribution < 1.29 is 9.90 Å². The summed E-state index contributed by atoms with van der Waals surface area (Å²) < 4.78 is 1.65. The van der Waals surface area contributed by atoms with Gasteiger partial charge in [0.1, 0.15) is 5.69 Å². The Labute approximate surface area is 105 Å². The molecule has 18 heavy (non-hydrogen) atoms. The molecule has 1 atom stereocenters. The Kier molecular flexibility index (Phi) is 3.43. The number of carbonyl (C=O) groups excluding carboxylic acids is 1. The highest BCUT2D eigenvalue weighted by Crippen LogP contribution is 2.16. The number of nitrogens with zero attached hydrogens (tertiary/aromatic N) is 2. The minimum atomic E-state index is -0.508. The van der Waals surface area contributed by atoms with Crippen LogP contribution < -0.4 is 5.32 Å². The van der Waals surface area contributed by atoms with Crippen LogP contribution in [0.15, 0.2) is 36.8 Å². The predicted molar refractivity (Wildman–Crippen MR) is 68.2 cm³/mol. The Balaban J connectivity index is 2.10. The molecule has 0 bridgehead atoms. The lowest BCUT2D eigenvalue weighted by Gasteiger charge is -2.08. The molecule has 1 aromatic carbocycles. The molecule has 94 valence electrons. The summed E-state index contributed by atoms with van der Waals surface area (Å²) in [5.41, 5.74) is 1.99. The van der Waals surface area contributed by atoms with Gasteiger partial charge < -0.3 is 15.0 Å². The van der Waals surface area contributed by atoms with Crippen LogP contribution in [0, 0.1) is 0 Å². The SMILES string of the molecule is CC(O)c1ccc(NC(=O)c2cncn2C)cc1. The average molecular weight is 245 g/mol. The second kappa shape index (κ2) is 5.01. The molecule has 0 aliphatic carbocycles. The Morgan fingerprint density at radius 1 is 1.39 bits per heavy atom. The smallest absolute Gasteiger partial charge is 0.273 e. The Hall–Kier alpha value is -2.14. The number of hydrogen-bond acceptors (Lipinski definition) is 3. The van der Waals surface area contributed by atoms with Crippen LogP contribution in [-0.2, 0) is 7.05 Å². The fourth-order valence-corrected chi connectivity index (χ4v) is 1.62. The van der Waals surface area contributed by atoms with E-state index in [1.54, 1.807) is 49.1 Å². The van der Waals surface area contributed by atoms with E-state index >= 15 is 0 Å². The van der Waals surface area contributed by atoms with Crippen molar-refractivity contribution >= 4 is 11.6 Å². The quantitative estimate of drug-likeness (QED) is 0.865. The molecule has 2 N–H and O–H groups in total. The molecule has 1 aromatic heterocycles. The van der Waals surface area contributed by atoms with E-state index in [1.165, 1.54) is 6.20 Å². The number of hydrogen-bond donors (Lipinski definition) is 2. The third-order valence-corrected chi connectivity index (χ3v) is 2.70. The maximum atomic E-state index is 11.9. The van der Waals surface area contributed by atoms with Gasteiger partial charge in [-0.05, 0) is 24.6 Å². The summed E-state index contributed by atoms with van der Waals surface area (Å²) in [5, 5.41) is 12.2. The molecule has 1 heterocycles. The van der Waals surface area contributed by atoms with E-state index in [-0.39, 0.29) is 5.91 Å². The fourth-order valence-electron chi connectivity index (χ4n) is 1.62. The molecule has 5 nitrogen and oxygen atoms in total. The van der Waals surface area contributed by atoms with Crippen molar-refractivity contribution in [1.29, 1.82) is 0 Å². The van der Waals surface area contributed by atoms with Crippen molar-refractivity contribution in [3.05, 3.63) is 48.0 Å². The van der Waals surface area contributed by atoms with E-state index in [0.717, 1.165) is 5.56 Å². The second-order valence-electron chi connectivity index (χ2n) is 4.14. The van der Waals surface area contributed by atoms with Crippen LogP contribution in [0.5, 0.6) is 0 Å². The molecular formula is C13H15N3O2. The average Bonchev–Trinajstić information content (AvgIpc) is 2.76. The van der Waals surface area contributed by atoms with E-state index in [4.69, 9.17) is 0 Å². The summed E-state index contributed by atoms with van der Waals surface area (Å²) in [6, 6.07) is 7.08. The standard InChI is InChI=1S/C13H15N3O2/c1-9(17)10-3-5-11(6-4-10)15-13(18)12-7-14-8-16(12)2/h3-9,17H,1-2H3,(H,15,18). The minimum Gasteiger partial charge on any atom is -0.389 e. The Morgan fingerprint density at radius 2 is 2.06 bits per heavy atom. The van der Waals surface area contributed by atoms with Crippen LogP contribution in [0.1, 0.15) is 29.1 Å². The van der Waals surface area contributed by atoms with Gasteiger partial charge in [-0.15, -0.1) is 0 Å². The van der Waals surface area contributed by atoms with E-state index in [1.807, 2.05) is 0 Å². The zero-order valence-electron chi connectivity index (χ0n) is 10.3. The maximum absolute atomic E-state index is 11.9. The van der Waals surface area contributed by atoms with Gasteiger partial charge in [0, 0.05) is 12.7 Å². The Bertz CT molecular complexity index is 544. The van der Waals surface area contributed by atoms with E-state index < -0.39 is 6.10 Å². The van der Waals surface area contributed by atoms with E-state index in [9.17, 15) is 9.90 Å². The van der Waals surface area contributed by atoms with Crippen molar-refractivity contribution in [1.82, 2.24) is 9.55 Å². The molecular weight excluding hydrogens is 230 g/mol. The van der Waals surface area contributed by atoms with Gasteiger partial charge in [-0.25, -0.2) is 4.98 Å². The molecule has 0 spiro atoms. The highest BCUT2D eigenvalue weighted by molar-refractivity contribution is 6.02. The van der Waals surface area contributed by atoms with Gasteiger partial charge in [-0.2, -0.15) is 0 Å². The third-order valence-electron chi connectivity index (χ3n) is 2.70. The third kappa shape index (κ3) is 2.57. The first-order valence-electron chi connectivity index (χ1n) is 5.63. The van der Waals surface area contributed by atoms with Crippen LogP contribution in [0.4, 0.5) is 5.69 Å². The highest BCUT2D eigenvalue weighted by atomic mass is 16.3. The van der Waals surface area contributed by atoms with E-state index in [2.05, 4.69) is 10.3 Å². The molecule has 0 radical (unpaired) electrons. The van der Waals surface area contributed by atoms with Gasteiger partial charge in [0.05, 0.1) is 18.6 Å². The number of anilines is 1. The number of benzene rings is 1. The highest BCUT2D eigenvalue weighted by Gasteiger charge is 2.10. The topological polar surface area (TPSA) is 67.2 Å². The Morgan fingerprint density at radius 3 is 2.56 bits per heavy atom. The number of carbonyl (C=O) groups is 1. The fraction of sp³-hybridized carbons (Fsp3) is 0.231. The molecule has 5 heteroatoms. The van der Waals surface area contributed by atoms with Gasteiger partial charge in [0.15, 0.2) is 0 Å². The molecule has 0 fully saturated rings. The van der Waals surface area contributed by atoms with Crippen LogP contribution >= 0.6 is 0 Å². The van der Waals surface area contributed by atoms with Crippen molar-refractivity contribution in [3.8, 4) is 0 Å².